The third-order valence-corrected chi connectivity index (χ3v) is 3.81. The molecule has 22 heavy (non-hydrogen) atoms. The Labute approximate surface area is 127 Å². The molecule has 0 bridgehead atoms. The molecule has 0 radical (unpaired) electrons. The number of rotatable bonds is 3. The number of carbonyl (C=O) groups excluding carboxylic acids is 3. The van der Waals surface area contributed by atoms with Crippen molar-refractivity contribution in [3.63, 3.8) is 0 Å². The van der Waals surface area contributed by atoms with Crippen LogP contribution in [0.4, 0.5) is 4.79 Å². The van der Waals surface area contributed by atoms with Gasteiger partial charge < -0.3 is 14.1 Å². The summed E-state index contributed by atoms with van der Waals surface area (Å²) in [6.07, 6.45) is 0.897. The van der Waals surface area contributed by atoms with Crippen LogP contribution in [0.3, 0.4) is 0 Å². The number of amides is 3. The number of cyclic esters (lactones) is 1. The molecule has 118 valence electrons. The highest BCUT2D eigenvalue weighted by Crippen LogP contribution is 2.10. The van der Waals surface area contributed by atoms with Gasteiger partial charge in [-0.3, -0.25) is 14.5 Å². The third kappa shape index (κ3) is 2.96. The van der Waals surface area contributed by atoms with E-state index in [2.05, 4.69) is 0 Å². The molecule has 3 amide bonds. The fourth-order valence-corrected chi connectivity index (χ4v) is 2.56. The molecule has 0 saturated carbocycles. The summed E-state index contributed by atoms with van der Waals surface area (Å²) < 4.78 is 9.85. The van der Waals surface area contributed by atoms with Crippen LogP contribution in [-0.2, 0) is 9.53 Å². The van der Waals surface area contributed by atoms with Gasteiger partial charge in [-0.05, 0) is 12.1 Å². The lowest BCUT2D eigenvalue weighted by Crippen LogP contribution is -2.51. The van der Waals surface area contributed by atoms with Crippen molar-refractivity contribution in [2.75, 3.05) is 45.9 Å². The third-order valence-electron chi connectivity index (χ3n) is 3.81. The van der Waals surface area contributed by atoms with Gasteiger partial charge in [-0.15, -0.1) is 0 Å². The fourth-order valence-electron chi connectivity index (χ4n) is 2.56. The molecule has 2 aliphatic heterocycles. The van der Waals surface area contributed by atoms with E-state index in [0.29, 0.717) is 38.5 Å². The molecule has 8 nitrogen and oxygen atoms in total. The molecular weight excluding hydrogens is 290 g/mol. The van der Waals surface area contributed by atoms with Gasteiger partial charge in [-0.2, -0.15) is 0 Å². The normalized spacial score (nSPS) is 19.4. The Balaban J connectivity index is 1.48. The molecule has 0 N–H and O–H groups in total. The van der Waals surface area contributed by atoms with E-state index in [1.54, 1.807) is 17.0 Å². The van der Waals surface area contributed by atoms with Gasteiger partial charge in [0.25, 0.3) is 5.91 Å². The zero-order chi connectivity index (χ0) is 15.5. The average Bonchev–Trinajstić information content (AvgIpc) is 3.18. The van der Waals surface area contributed by atoms with E-state index in [9.17, 15) is 14.4 Å². The number of furan rings is 1. The zero-order valence-electron chi connectivity index (χ0n) is 12.1. The van der Waals surface area contributed by atoms with Crippen LogP contribution in [0, 0.1) is 0 Å². The molecule has 2 fully saturated rings. The second kappa shape index (κ2) is 6.18. The standard InChI is InChI=1S/C14H17N3O5/c18-12(17-7-9-22-14(17)20)10-15-3-5-16(6-4-15)13(19)11-2-1-8-21-11/h1-2,8H,3-7,9-10H2. The number of hydrogen-bond donors (Lipinski definition) is 0. The van der Waals surface area contributed by atoms with E-state index in [-0.39, 0.29) is 25.0 Å². The first-order chi connectivity index (χ1) is 10.6. The summed E-state index contributed by atoms with van der Waals surface area (Å²) in [5.41, 5.74) is 0. The molecule has 1 aromatic rings. The molecule has 0 spiro atoms. The first kappa shape index (κ1) is 14.6. The van der Waals surface area contributed by atoms with Crippen molar-refractivity contribution in [2.45, 2.75) is 0 Å². The first-order valence-electron chi connectivity index (χ1n) is 7.17. The van der Waals surface area contributed by atoms with Crippen molar-refractivity contribution in [3.05, 3.63) is 24.2 Å². The van der Waals surface area contributed by atoms with E-state index in [1.807, 2.05) is 4.90 Å². The van der Waals surface area contributed by atoms with Crippen LogP contribution < -0.4 is 0 Å². The van der Waals surface area contributed by atoms with Gasteiger partial charge in [-0.1, -0.05) is 0 Å². The number of imide groups is 1. The largest absolute Gasteiger partial charge is 0.459 e. The Hall–Kier alpha value is -2.35. The van der Waals surface area contributed by atoms with Crippen molar-refractivity contribution in [1.29, 1.82) is 0 Å². The minimum absolute atomic E-state index is 0.140. The SMILES string of the molecule is O=C(c1ccco1)N1CCN(CC(=O)N2CCOC2=O)CC1. The van der Waals surface area contributed by atoms with Crippen molar-refractivity contribution in [1.82, 2.24) is 14.7 Å². The lowest BCUT2D eigenvalue weighted by molar-refractivity contribution is -0.129. The van der Waals surface area contributed by atoms with Crippen molar-refractivity contribution >= 4 is 17.9 Å². The molecule has 0 aliphatic carbocycles. The van der Waals surface area contributed by atoms with Gasteiger partial charge in [0.15, 0.2) is 5.76 Å². The maximum Gasteiger partial charge on any atom is 0.416 e. The topological polar surface area (TPSA) is 83.3 Å². The Morgan fingerprint density at radius 1 is 1.14 bits per heavy atom. The number of nitrogens with zero attached hydrogens (tertiary/aromatic N) is 3. The summed E-state index contributed by atoms with van der Waals surface area (Å²) in [6.45, 7) is 2.96. The molecule has 2 saturated heterocycles. The summed E-state index contributed by atoms with van der Waals surface area (Å²) in [5, 5.41) is 0. The van der Waals surface area contributed by atoms with Gasteiger partial charge in [0.05, 0.1) is 19.4 Å². The predicted molar refractivity (Wildman–Crippen MR) is 74.1 cm³/mol. The van der Waals surface area contributed by atoms with Crippen molar-refractivity contribution in [2.24, 2.45) is 0 Å². The van der Waals surface area contributed by atoms with Crippen LogP contribution in [-0.4, -0.2) is 78.5 Å². The molecule has 0 unspecified atom stereocenters. The Morgan fingerprint density at radius 3 is 2.50 bits per heavy atom. The lowest BCUT2D eigenvalue weighted by Gasteiger charge is -2.34. The van der Waals surface area contributed by atoms with Crippen molar-refractivity contribution in [3.8, 4) is 0 Å². The second-order valence-electron chi connectivity index (χ2n) is 5.21. The quantitative estimate of drug-likeness (QED) is 0.782. The van der Waals surface area contributed by atoms with E-state index in [0.717, 1.165) is 4.90 Å². The average molecular weight is 307 g/mol. The monoisotopic (exact) mass is 307 g/mol. The number of ether oxygens (including phenoxy) is 1. The first-order valence-corrected chi connectivity index (χ1v) is 7.17. The van der Waals surface area contributed by atoms with E-state index in [4.69, 9.17) is 9.15 Å². The highest BCUT2D eigenvalue weighted by molar-refractivity contribution is 5.94. The van der Waals surface area contributed by atoms with E-state index < -0.39 is 6.09 Å². The highest BCUT2D eigenvalue weighted by Gasteiger charge is 2.31. The highest BCUT2D eigenvalue weighted by atomic mass is 16.6. The van der Waals surface area contributed by atoms with Gasteiger partial charge in [0.2, 0.25) is 5.91 Å². The van der Waals surface area contributed by atoms with E-state index >= 15 is 0 Å². The minimum atomic E-state index is -0.573. The lowest BCUT2D eigenvalue weighted by atomic mass is 10.2. The van der Waals surface area contributed by atoms with Gasteiger partial charge in [0.1, 0.15) is 6.61 Å². The summed E-state index contributed by atoms with van der Waals surface area (Å²) >= 11 is 0. The maximum absolute atomic E-state index is 12.1. The summed E-state index contributed by atoms with van der Waals surface area (Å²) in [6, 6.07) is 3.31. The van der Waals surface area contributed by atoms with Crippen LogP contribution >= 0.6 is 0 Å². The summed E-state index contributed by atoms with van der Waals surface area (Å²) in [7, 11) is 0. The molecule has 3 rings (SSSR count). The molecule has 8 heteroatoms. The Kier molecular flexibility index (Phi) is 4.10. The second-order valence-corrected chi connectivity index (χ2v) is 5.21. The van der Waals surface area contributed by atoms with E-state index in [1.165, 1.54) is 6.26 Å². The fraction of sp³-hybridized carbons (Fsp3) is 0.500. The van der Waals surface area contributed by atoms with Crippen LogP contribution in [0.1, 0.15) is 10.6 Å². The van der Waals surface area contributed by atoms with Crippen LogP contribution in [0.15, 0.2) is 22.8 Å². The molecule has 0 atom stereocenters. The van der Waals surface area contributed by atoms with Gasteiger partial charge in [0, 0.05) is 26.2 Å². The molecule has 3 heterocycles. The van der Waals surface area contributed by atoms with Gasteiger partial charge >= 0.3 is 6.09 Å². The Bertz CT molecular complexity index is 563. The van der Waals surface area contributed by atoms with Crippen LogP contribution in [0.25, 0.3) is 0 Å². The number of piperazine rings is 1. The smallest absolute Gasteiger partial charge is 0.416 e. The molecule has 2 aliphatic rings. The number of carbonyl (C=O) groups is 3. The van der Waals surface area contributed by atoms with Crippen molar-refractivity contribution < 1.29 is 23.5 Å². The predicted octanol–water partition coefficient (Wildman–Crippen LogP) is 0.0162. The molecular formula is C14H17N3O5. The number of hydrogen-bond acceptors (Lipinski definition) is 6. The van der Waals surface area contributed by atoms with Gasteiger partial charge in [-0.25, -0.2) is 9.69 Å². The van der Waals surface area contributed by atoms with Crippen LogP contribution in [0.2, 0.25) is 0 Å². The molecule has 0 aromatic carbocycles. The zero-order valence-corrected chi connectivity index (χ0v) is 12.1. The van der Waals surface area contributed by atoms with Crippen LogP contribution in [0.5, 0.6) is 0 Å². The summed E-state index contributed by atoms with van der Waals surface area (Å²) in [4.78, 5) is 40.2. The minimum Gasteiger partial charge on any atom is -0.459 e. The maximum atomic E-state index is 12.1. The Morgan fingerprint density at radius 2 is 1.91 bits per heavy atom. The summed E-state index contributed by atoms with van der Waals surface area (Å²) in [5.74, 6) is -0.0725. The molecule has 1 aromatic heterocycles.